The topological polar surface area (TPSA) is 32.3 Å². The summed E-state index contributed by atoms with van der Waals surface area (Å²) < 4.78 is 0. The van der Waals surface area contributed by atoms with E-state index in [1.165, 1.54) is 0 Å². The van der Waals surface area contributed by atoms with E-state index in [9.17, 15) is 4.79 Å². The lowest BCUT2D eigenvalue weighted by Crippen LogP contribution is -2.40. The number of carbonyl (C=O) groups is 1. The number of nitrogens with one attached hydrogen (secondary N) is 1. The van der Waals surface area contributed by atoms with Crippen LogP contribution in [0.1, 0.15) is 24.8 Å². The fourth-order valence-electron chi connectivity index (χ4n) is 2.52. The summed E-state index contributed by atoms with van der Waals surface area (Å²) in [7, 11) is 0. The van der Waals surface area contributed by atoms with E-state index < -0.39 is 0 Å². The zero-order valence-corrected chi connectivity index (χ0v) is 11.5. The average Bonchev–Trinajstić information content (AvgIpc) is 2.39. The van der Waals surface area contributed by atoms with Gasteiger partial charge in [0.2, 0.25) is 0 Å². The predicted molar refractivity (Wildman–Crippen MR) is 76.8 cm³/mol. The van der Waals surface area contributed by atoms with Crippen molar-refractivity contribution in [3.63, 3.8) is 0 Å². The maximum absolute atomic E-state index is 11.9. The Morgan fingerprint density at radius 1 is 1.32 bits per heavy atom. The molecule has 4 heteroatoms. The van der Waals surface area contributed by atoms with Crippen LogP contribution in [0, 0.1) is 6.92 Å². The first kappa shape index (κ1) is 12.3. The number of aryl methyl sites for hydroxylation is 1. The summed E-state index contributed by atoms with van der Waals surface area (Å²) in [4.78, 5) is 11.9. The molecule has 0 unspecified atom stereocenters. The quantitative estimate of drug-likeness (QED) is 0.851. The number of hydrogen-bond donors (Lipinski definition) is 1. The van der Waals surface area contributed by atoms with Gasteiger partial charge in [-0.3, -0.25) is 15.2 Å². The van der Waals surface area contributed by atoms with Crippen LogP contribution in [0.25, 0.3) is 0 Å². The van der Waals surface area contributed by atoms with E-state index in [4.69, 9.17) is 11.6 Å². The van der Waals surface area contributed by atoms with Crippen LogP contribution in [0.5, 0.6) is 0 Å². The molecule has 0 fully saturated rings. The molecule has 1 aromatic carbocycles. The molecular formula is C15H15ClN2O. The summed E-state index contributed by atoms with van der Waals surface area (Å²) in [5, 5.41) is 2.60. The zero-order chi connectivity index (χ0) is 13.4. The highest BCUT2D eigenvalue weighted by Crippen LogP contribution is 2.29. The molecule has 1 aliphatic carbocycles. The van der Waals surface area contributed by atoms with Crippen LogP contribution < -0.4 is 10.4 Å². The molecule has 1 heterocycles. The number of halogens is 1. The smallest absolute Gasteiger partial charge is 0.180 e. The summed E-state index contributed by atoms with van der Waals surface area (Å²) in [5.41, 5.74) is 7.14. The molecule has 1 aliphatic heterocycles. The van der Waals surface area contributed by atoms with Gasteiger partial charge in [0.15, 0.2) is 5.78 Å². The van der Waals surface area contributed by atoms with Crippen molar-refractivity contribution in [1.29, 1.82) is 0 Å². The number of anilines is 1. The molecule has 0 atom stereocenters. The standard InChI is InChI=1S/C15H15ClN2O/c1-10-9-12(16)5-6-13(10)18-8-7-11-3-2-4-14(19)15(11)17-18/h5-9,17H,2-4H2,1H3. The Bertz CT molecular complexity index is 604. The summed E-state index contributed by atoms with van der Waals surface area (Å²) in [6.07, 6.45) is 6.54. The lowest BCUT2D eigenvalue weighted by molar-refractivity contribution is -0.116. The maximum atomic E-state index is 11.9. The first-order chi connectivity index (χ1) is 9.15. The van der Waals surface area contributed by atoms with Crippen molar-refractivity contribution in [2.75, 3.05) is 5.01 Å². The Morgan fingerprint density at radius 3 is 2.95 bits per heavy atom. The second-order valence-electron chi connectivity index (χ2n) is 4.91. The highest BCUT2D eigenvalue weighted by molar-refractivity contribution is 6.30. The Morgan fingerprint density at radius 2 is 2.16 bits per heavy atom. The van der Waals surface area contributed by atoms with E-state index in [1.807, 2.05) is 42.4 Å². The number of benzene rings is 1. The van der Waals surface area contributed by atoms with Crippen molar-refractivity contribution in [1.82, 2.24) is 5.43 Å². The molecule has 0 bridgehead atoms. The molecule has 0 saturated carbocycles. The maximum Gasteiger partial charge on any atom is 0.180 e. The molecule has 1 N–H and O–H groups in total. The van der Waals surface area contributed by atoms with Crippen molar-refractivity contribution in [2.24, 2.45) is 0 Å². The van der Waals surface area contributed by atoms with Crippen molar-refractivity contribution in [3.8, 4) is 0 Å². The van der Waals surface area contributed by atoms with E-state index in [-0.39, 0.29) is 5.78 Å². The van der Waals surface area contributed by atoms with Gasteiger partial charge < -0.3 is 0 Å². The van der Waals surface area contributed by atoms with E-state index >= 15 is 0 Å². The molecule has 3 rings (SSSR count). The number of rotatable bonds is 1. The normalized spacial score (nSPS) is 18.4. The third-order valence-corrected chi connectivity index (χ3v) is 3.76. The second kappa shape index (κ2) is 4.74. The number of ketones is 1. The second-order valence-corrected chi connectivity index (χ2v) is 5.34. The number of carbonyl (C=O) groups excluding carboxylic acids is 1. The van der Waals surface area contributed by atoms with Crippen LogP contribution >= 0.6 is 11.6 Å². The summed E-state index contributed by atoms with van der Waals surface area (Å²) in [6, 6.07) is 5.72. The molecule has 98 valence electrons. The molecule has 0 spiro atoms. The monoisotopic (exact) mass is 274 g/mol. The van der Waals surface area contributed by atoms with Crippen LogP contribution in [0.15, 0.2) is 41.7 Å². The lowest BCUT2D eigenvalue weighted by atomic mass is 9.94. The van der Waals surface area contributed by atoms with Gasteiger partial charge in [-0.25, -0.2) is 0 Å². The average molecular weight is 275 g/mol. The molecule has 1 aromatic rings. The van der Waals surface area contributed by atoms with Crippen molar-refractivity contribution >= 4 is 23.1 Å². The van der Waals surface area contributed by atoms with E-state index in [2.05, 4.69) is 5.43 Å². The summed E-state index contributed by atoms with van der Waals surface area (Å²) in [6.45, 7) is 2.00. The van der Waals surface area contributed by atoms with Gasteiger partial charge in [0.05, 0.1) is 5.69 Å². The number of Topliss-reactive ketones (excluding diaryl/α,β-unsaturated/α-hetero) is 1. The van der Waals surface area contributed by atoms with Crippen molar-refractivity contribution < 1.29 is 4.79 Å². The van der Waals surface area contributed by atoms with E-state index in [0.29, 0.717) is 6.42 Å². The lowest BCUT2D eigenvalue weighted by Gasteiger charge is -2.31. The fourth-order valence-corrected chi connectivity index (χ4v) is 2.75. The molecule has 2 aliphatic rings. The molecule has 19 heavy (non-hydrogen) atoms. The van der Waals surface area contributed by atoms with Gasteiger partial charge in [-0.2, -0.15) is 0 Å². The number of nitrogens with zero attached hydrogens (tertiary/aromatic N) is 1. The zero-order valence-electron chi connectivity index (χ0n) is 10.7. The fraction of sp³-hybridized carbons (Fsp3) is 0.267. The number of allylic oxidation sites excluding steroid dienone is 3. The van der Waals surface area contributed by atoms with Gasteiger partial charge >= 0.3 is 0 Å². The van der Waals surface area contributed by atoms with Crippen LogP contribution in [-0.2, 0) is 4.79 Å². The Balaban J connectivity index is 1.92. The predicted octanol–water partition coefficient (Wildman–Crippen LogP) is 3.49. The van der Waals surface area contributed by atoms with Crippen LogP contribution in [0.3, 0.4) is 0 Å². The first-order valence-electron chi connectivity index (χ1n) is 6.42. The highest BCUT2D eigenvalue weighted by Gasteiger charge is 2.24. The third-order valence-electron chi connectivity index (χ3n) is 3.53. The largest absolute Gasteiger partial charge is 0.292 e. The highest BCUT2D eigenvalue weighted by atomic mass is 35.5. The van der Waals surface area contributed by atoms with E-state index in [1.54, 1.807) is 0 Å². The SMILES string of the molecule is Cc1cc(Cl)ccc1N1C=CC2=C(N1)C(=O)CCC2. The number of hydrazine groups is 1. The van der Waals surface area contributed by atoms with Crippen molar-refractivity contribution in [2.45, 2.75) is 26.2 Å². The minimum absolute atomic E-state index is 0.196. The van der Waals surface area contributed by atoms with Crippen LogP contribution in [0.4, 0.5) is 5.69 Å². The molecule has 0 amide bonds. The summed E-state index contributed by atoms with van der Waals surface area (Å²) in [5.74, 6) is 0.196. The Kier molecular flexibility index (Phi) is 3.07. The molecule has 0 saturated heterocycles. The summed E-state index contributed by atoms with van der Waals surface area (Å²) >= 11 is 5.97. The van der Waals surface area contributed by atoms with Crippen LogP contribution in [-0.4, -0.2) is 5.78 Å². The van der Waals surface area contributed by atoms with Gasteiger partial charge in [0.1, 0.15) is 5.70 Å². The van der Waals surface area contributed by atoms with Gasteiger partial charge in [0, 0.05) is 17.6 Å². The molecular weight excluding hydrogens is 260 g/mol. The third kappa shape index (κ3) is 2.26. The Labute approximate surface area is 117 Å². The van der Waals surface area contributed by atoms with Gasteiger partial charge in [-0.05, 0) is 55.2 Å². The van der Waals surface area contributed by atoms with Gasteiger partial charge in [-0.15, -0.1) is 0 Å². The van der Waals surface area contributed by atoms with Crippen molar-refractivity contribution in [3.05, 3.63) is 52.3 Å². The van der Waals surface area contributed by atoms with Gasteiger partial charge in [0.25, 0.3) is 0 Å². The first-order valence-corrected chi connectivity index (χ1v) is 6.79. The minimum atomic E-state index is 0.196. The molecule has 0 radical (unpaired) electrons. The van der Waals surface area contributed by atoms with E-state index in [0.717, 1.165) is 40.4 Å². The number of hydrogen-bond acceptors (Lipinski definition) is 3. The van der Waals surface area contributed by atoms with Crippen LogP contribution in [0.2, 0.25) is 5.02 Å². The van der Waals surface area contributed by atoms with Gasteiger partial charge in [-0.1, -0.05) is 11.6 Å². The Hall–Kier alpha value is -1.74. The molecule has 0 aromatic heterocycles. The molecule has 3 nitrogen and oxygen atoms in total. The minimum Gasteiger partial charge on any atom is -0.292 e.